The van der Waals surface area contributed by atoms with E-state index in [9.17, 15) is 4.79 Å². The summed E-state index contributed by atoms with van der Waals surface area (Å²) in [5.74, 6) is 1.39. The summed E-state index contributed by atoms with van der Waals surface area (Å²) >= 11 is 0. The van der Waals surface area contributed by atoms with E-state index in [2.05, 4.69) is 77.4 Å². The van der Waals surface area contributed by atoms with Crippen LogP contribution in [0.5, 0.6) is 0 Å². The Kier molecular flexibility index (Phi) is 6.52. The fraction of sp³-hybridized carbons (Fsp3) is 0.310. The number of nitrogens with zero attached hydrogens (tertiary/aromatic N) is 5. The second kappa shape index (κ2) is 9.78. The molecule has 0 radical (unpaired) electrons. The first-order chi connectivity index (χ1) is 17.7. The van der Waals surface area contributed by atoms with E-state index in [1.54, 1.807) is 6.26 Å². The standard InChI is InChI=1S/C29H32N6O2/c1-19-14-20(2)25-22(15-19)16-24(28(36)30-25)26(27-31-32-33-35(27)29(3,4)5)34(18-23-12-9-13-37-23)17-21-10-7-6-8-11-21/h6-16,26H,17-18H2,1-5H3,(H,30,36). The van der Waals surface area contributed by atoms with Crippen molar-refractivity contribution >= 4 is 10.9 Å². The van der Waals surface area contributed by atoms with Crippen molar-refractivity contribution in [1.82, 2.24) is 30.1 Å². The lowest BCUT2D eigenvalue weighted by Gasteiger charge is -2.32. The van der Waals surface area contributed by atoms with Gasteiger partial charge in [0.25, 0.3) is 5.56 Å². The highest BCUT2D eigenvalue weighted by Gasteiger charge is 2.34. The van der Waals surface area contributed by atoms with Gasteiger partial charge in [-0.15, -0.1) is 5.10 Å². The Balaban J connectivity index is 1.75. The minimum Gasteiger partial charge on any atom is -0.468 e. The monoisotopic (exact) mass is 496 g/mol. The molecule has 1 N–H and O–H groups in total. The van der Waals surface area contributed by atoms with Gasteiger partial charge in [-0.1, -0.05) is 42.0 Å². The summed E-state index contributed by atoms with van der Waals surface area (Å²) in [7, 11) is 0. The molecule has 5 aromatic rings. The summed E-state index contributed by atoms with van der Waals surface area (Å²) in [6, 6.07) is 19.6. The van der Waals surface area contributed by atoms with E-state index in [0.717, 1.165) is 33.4 Å². The van der Waals surface area contributed by atoms with Crippen LogP contribution in [0.15, 0.2) is 76.1 Å². The molecule has 0 amide bonds. The topological polar surface area (TPSA) is 92.8 Å². The molecule has 0 saturated heterocycles. The minimum atomic E-state index is -0.534. The minimum absolute atomic E-state index is 0.162. The van der Waals surface area contributed by atoms with Crippen LogP contribution in [0.3, 0.4) is 0 Å². The molecule has 8 heteroatoms. The van der Waals surface area contributed by atoms with E-state index in [-0.39, 0.29) is 5.56 Å². The first kappa shape index (κ1) is 24.6. The molecular formula is C29H32N6O2. The molecule has 0 bridgehead atoms. The zero-order valence-electron chi connectivity index (χ0n) is 21.9. The van der Waals surface area contributed by atoms with Crippen molar-refractivity contribution in [1.29, 1.82) is 0 Å². The first-order valence-electron chi connectivity index (χ1n) is 12.4. The molecule has 1 atom stereocenters. The van der Waals surface area contributed by atoms with Crippen molar-refractivity contribution in [3.63, 3.8) is 0 Å². The zero-order chi connectivity index (χ0) is 26.2. The summed E-state index contributed by atoms with van der Waals surface area (Å²) in [4.78, 5) is 19.1. The maximum atomic E-state index is 13.7. The number of fused-ring (bicyclic) bond motifs is 1. The van der Waals surface area contributed by atoms with Gasteiger partial charge in [0, 0.05) is 12.1 Å². The molecule has 3 aromatic heterocycles. The second-order valence-corrected chi connectivity index (χ2v) is 10.6. The second-order valence-electron chi connectivity index (χ2n) is 10.6. The van der Waals surface area contributed by atoms with Gasteiger partial charge in [-0.3, -0.25) is 9.69 Å². The molecule has 0 aliphatic carbocycles. The fourth-order valence-corrected chi connectivity index (χ4v) is 4.91. The number of pyridine rings is 1. The van der Waals surface area contributed by atoms with E-state index in [0.29, 0.717) is 24.5 Å². The van der Waals surface area contributed by atoms with Crippen LogP contribution in [0.25, 0.3) is 10.9 Å². The van der Waals surface area contributed by atoms with Gasteiger partial charge < -0.3 is 9.40 Å². The van der Waals surface area contributed by atoms with Gasteiger partial charge in [0.2, 0.25) is 0 Å². The quantitative estimate of drug-likeness (QED) is 0.330. The number of H-pyrrole nitrogens is 1. The maximum Gasteiger partial charge on any atom is 0.253 e. The van der Waals surface area contributed by atoms with E-state index in [1.807, 2.05) is 48.0 Å². The number of furan rings is 1. The Morgan fingerprint density at radius 1 is 1.03 bits per heavy atom. The highest BCUT2D eigenvalue weighted by Crippen LogP contribution is 2.32. The van der Waals surface area contributed by atoms with E-state index >= 15 is 0 Å². The van der Waals surface area contributed by atoms with Gasteiger partial charge in [-0.2, -0.15) is 0 Å². The van der Waals surface area contributed by atoms with Crippen molar-refractivity contribution in [2.24, 2.45) is 0 Å². The Morgan fingerprint density at radius 3 is 2.51 bits per heavy atom. The van der Waals surface area contributed by atoms with E-state index < -0.39 is 11.6 Å². The third-order valence-corrected chi connectivity index (χ3v) is 6.52. The summed E-state index contributed by atoms with van der Waals surface area (Å²) in [5.41, 5.74) is 4.15. The van der Waals surface area contributed by atoms with Gasteiger partial charge in [0.15, 0.2) is 5.82 Å². The van der Waals surface area contributed by atoms with E-state index in [4.69, 9.17) is 4.42 Å². The Morgan fingerprint density at radius 2 is 1.81 bits per heavy atom. The Hall–Kier alpha value is -4.04. The van der Waals surface area contributed by atoms with Crippen LogP contribution in [0, 0.1) is 13.8 Å². The lowest BCUT2D eigenvalue weighted by atomic mass is 9.99. The number of rotatable bonds is 7. The molecule has 0 aliphatic rings. The van der Waals surface area contributed by atoms with Crippen molar-refractivity contribution in [2.45, 2.75) is 59.3 Å². The van der Waals surface area contributed by atoms with Gasteiger partial charge in [0.1, 0.15) is 11.8 Å². The van der Waals surface area contributed by atoms with E-state index in [1.165, 1.54) is 0 Å². The van der Waals surface area contributed by atoms with Crippen molar-refractivity contribution in [2.75, 3.05) is 0 Å². The van der Waals surface area contributed by atoms with Crippen LogP contribution in [-0.2, 0) is 18.6 Å². The Bertz CT molecular complexity index is 1560. The van der Waals surface area contributed by atoms with Gasteiger partial charge in [-0.05, 0) is 85.8 Å². The van der Waals surface area contributed by atoms with Crippen molar-refractivity contribution in [3.8, 4) is 0 Å². The molecule has 2 aromatic carbocycles. The number of hydrogen-bond donors (Lipinski definition) is 1. The number of aromatic amines is 1. The molecule has 190 valence electrons. The van der Waals surface area contributed by atoms with Crippen molar-refractivity contribution < 1.29 is 4.42 Å². The average molecular weight is 497 g/mol. The molecule has 37 heavy (non-hydrogen) atoms. The summed E-state index contributed by atoms with van der Waals surface area (Å²) in [5, 5.41) is 13.8. The maximum absolute atomic E-state index is 13.7. The number of nitrogens with one attached hydrogen (secondary N) is 1. The molecule has 0 fully saturated rings. The first-order valence-corrected chi connectivity index (χ1v) is 12.4. The summed E-state index contributed by atoms with van der Waals surface area (Å²) < 4.78 is 7.56. The number of benzene rings is 2. The third-order valence-electron chi connectivity index (χ3n) is 6.52. The molecule has 8 nitrogen and oxygen atoms in total. The average Bonchev–Trinajstić information content (AvgIpc) is 3.53. The molecule has 0 saturated carbocycles. The molecular weight excluding hydrogens is 464 g/mol. The predicted octanol–water partition coefficient (Wildman–Crippen LogP) is 5.27. The molecule has 0 spiro atoms. The lowest BCUT2D eigenvalue weighted by Crippen LogP contribution is -2.37. The SMILES string of the molecule is Cc1cc(C)c2[nH]c(=O)c(C(c3nnnn3C(C)(C)C)N(Cc3ccccc3)Cc3ccco3)cc2c1. The molecule has 1 unspecified atom stereocenters. The molecule has 5 rings (SSSR count). The fourth-order valence-electron chi connectivity index (χ4n) is 4.91. The van der Waals surface area contributed by atoms with Crippen LogP contribution in [0.2, 0.25) is 0 Å². The zero-order valence-corrected chi connectivity index (χ0v) is 21.9. The van der Waals surface area contributed by atoms with Crippen LogP contribution in [0.4, 0.5) is 0 Å². The number of aromatic nitrogens is 5. The Labute approximate surface area is 215 Å². The number of hydrogen-bond acceptors (Lipinski definition) is 6. The largest absolute Gasteiger partial charge is 0.468 e. The van der Waals surface area contributed by atoms with Gasteiger partial charge in [0.05, 0.1) is 23.9 Å². The van der Waals surface area contributed by atoms with Crippen molar-refractivity contribution in [3.05, 3.63) is 111 Å². The predicted molar refractivity (Wildman–Crippen MR) is 143 cm³/mol. The number of aryl methyl sites for hydroxylation is 2. The van der Waals surface area contributed by atoms with Crippen LogP contribution >= 0.6 is 0 Å². The highest BCUT2D eigenvalue weighted by atomic mass is 16.3. The van der Waals surface area contributed by atoms with Crippen LogP contribution in [-0.4, -0.2) is 30.1 Å². The summed E-state index contributed by atoms with van der Waals surface area (Å²) in [6.07, 6.45) is 1.67. The molecule has 0 aliphatic heterocycles. The lowest BCUT2D eigenvalue weighted by molar-refractivity contribution is 0.171. The van der Waals surface area contributed by atoms with Gasteiger partial charge in [-0.25, -0.2) is 4.68 Å². The van der Waals surface area contributed by atoms with Crippen LogP contribution < -0.4 is 5.56 Å². The summed E-state index contributed by atoms with van der Waals surface area (Å²) in [6.45, 7) is 11.3. The van der Waals surface area contributed by atoms with Gasteiger partial charge >= 0.3 is 0 Å². The smallest absolute Gasteiger partial charge is 0.253 e. The third kappa shape index (κ3) is 5.11. The highest BCUT2D eigenvalue weighted by molar-refractivity contribution is 5.83. The molecule has 3 heterocycles. The number of tetrazole rings is 1. The van der Waals surface area contributed by atoms with Crippen LogP contribution in [0.1, 0.15) is 60.7 Å². The normalized spacial score (nSPS) is 12.9.